The molecule has 1 amide bonds. The van der Waals surface area contributed by atoms with E-state index in [4.69, 9.17) is 109 Å². The first-order chi connectivity index (χ1) is 89.9. The Labute approximate surface area is 859 Å². The smallest absolute Gasteiger partial charge is 0.248 e. The molecule has 0 saturated heterocycles. The van der Waals surface area contributed by atoms with Gasteiger partial charge in [-0.15, -0.1) is 0 Å². The molecule has 4 aromatic heterocycles. The number of nitrogens with zero attached hydrogens (tertiary/aromatic N) is 12. The fraction of sp³-hybridized carbons (Fsp3) is 0.262. The number of anilines is 9. The molecule has 0 aliphatic carbocycles. The SMILES string of the molecule is [2H]/C(C(=O)Cc1c(OC([2H])([2H])C([2H])([2H])[2H])c([2H])c2nc([2H])c(C#N)c(Nc3c([2H])c([2H])c(F)c(C)c3[2H])c2c1[2H])=C(/[2H])C([2H])([2H])N(C)C([2H])([2H])[2H].[2H]/C(C(=O)Cc1c(OC([2H])([2H])C)c([2H])c2nc([2H])c(C#N)c(Nc3c([2H])c([2H])c(F)c(C)c3[2H])c2c1[2H])=C(/[2H])C([2H])([2H])N(C)C([2H])([2H])[2H].[2H]/C(C(=O)Cc1c(OCC)c([2H])c2nc([2H])c(C#N)c(Nc3c([2H])c([2H])c(F)c(C)c3[2H])c2c1[2H])=C(/[2H])C([2H])([2H])N(C)C([2H])([2H])[2H].[2H]/C(C(=O)N([2H])c1c(OC([2H])([2H])C([2H])([2H])[2H])c([2H])c2nc([2H])c(C#N)c(N([2H])c3c([2H])c([2H])c(F)c(C)c3[2H])c2c1[2H])=C(/[2H])C([2H])([2H])N(C)C([2H])([2H])[2H]. The number of benzene rings is 8. The Hall–Kier alpha value is -15.2. The highest BCUT2D eigenvalue weighted by Crippen LogP contribution is 2.41. The number of allylic oxidation sites excluding steroid dienone is 3. The molecule has 0 aliphatic rings. The standard InChI is InChI=1S/3C26H27FN4O2.C25H26FN5O2/c3*1-5-33-25-14-24-22(13-18(25)12-21(32)7-6-10-31(3)4)26(19(15-28)16-29-24)30-20-8-9-23(27)17(2)11-20;1-5-33-23-13-21-19(12-22(23)30-24(32)7-6-10-31(3)4)25(17(14-27)15-28-21)29-18-8-9-20(26)16(2)11-18/h3*6-9,11,13-14,16H,5,10,12H2,1-4H3,(H,29,30);6-9,11-13,15H,5,10H2,1-4H3,(H,28,29)(H,30,32)/b4*7-6+/i1D3,3D3,5D2,6D,7D,8D,9D,10D2,11D,13D,14D,16D;3D3,5D2,6D,7D,8D,9D,10D2,11D,13D,14D,16D;3D3,6D,7D,8D,9D,10D2,11D,13D,14D,16D;1D3,3D3,5D2,6D,7D,8D,9D,10D2,11D,12D,13D,15D/hD2. The predicted molar refractivity (Wildman–Crippen MR) is 514 cm³/mol. The fourth-order valence-electron chi connectivity index (χ4n) is 10.3. The average molecular weight is 1850 g/mol. The molecular weight excluding hydrogens is 1680 g/mol. The van der Waals surface area contributed by atoms with E-state index in [-0.39, 0.29) is 64.9 Å². The van der Waals surface area contributed by atoms with Crippen LogP contribution in [0.2, 0.25) is 2.82 Å². The summed E-state index contributed by atoms with van der Waals surface area (Å²) in [6.07, 6.45) is -6.79. The van der Waals surface area contributed by atoms with Crippen LogP contribution in [-0.4, -0.2) is 171 Å². The zero-order chi connectivity index (χ0) is 153. The van der Waals surface area contributed by atoms with E-state index in [0.717, 1.165) is 48.8 Å². The summed E-state index contributed by atoms with van der Waals surface area (Å²) in [4.78, 5) is 69.3. The number of hydrogen-bond donors (Lipinski definition) is 5. The van der Waals surface area contributed by atoms with Crippen molar-refractivity contribution in [2.75, 3.05) is 135 Å². The lowest BCUT2D eigenvalue weighted by Crippen LogP contribution is -2.13. The summed E-state index contributed by atoms with van der Waals surface area (Å²) in [5.41, 5.74) is -15.3. The van der Waals surface area contributed by atoms with Crippen LogP contribution < -0.4 is 45.5 Å². The Kier molecular flexibility index (Phi) is 15.9. The van der Waals surface area contributed by atoms with Crippen LogP contribution in [0.5, 0.6) is 23.0 Å². The van der Waals surface area contributed by atoms with Gasteiger partial charge in [0.05, 0.1) is 151 Å². The van der Waals surface area contributed by atoms with Gasteiger partial charge in [0.1, 0.15) is 70.5 Å². The normalized spacial score (nSPS) is 20.3. The Bertz CT molecular complexity index is 10000. The second-order valence-electron chi connectivity index (χ2n) is 25.6. The maximum atomic E-state index is 14.6. The molecule has 4 heterocycles. The van der Waals surface area contributed by atoms with Gasteiger partial charge in [0.15, 0.2) is 20.2 Å². The molecule has 0 spiro atoms. The van der Waals surface area contributed by atoms with E-state index in [0.29, 0.717) is 7.05 Å². The first-order valence-electron chi connectivity index (χ1n) is 69.7. The number of carbonyl (C=O) groups excluding carboxylic acids is 4. The van der Waals surface area contributed by atoms with Gasteiger partial charge in [0.25, 0.3) is 0 Å². The minimum atomic E-state index is -3.79. The molecule has 0 atom stereocenters. The number of likely N-dealkylation sites (N-methyl/N-ethyl adjacent to an activating group) is 4. The lowest BCUT2D eigenvalue weighted by molar-refractivity contribution is -0.114. The number of ketones is 3. The maximum Gasteiger partial charge on any atom is 0.248 e. The number of aromatic nitrogens is 4. The second kappa shape index (κ2) is 48.8. The lowest BCUT2D eigenvalue weighted by atomic mass is 10.0. The third-order valence-corrected chi connectivity index (χ3v) is 15.9. The second-order valence-corrected chi connectivity index (χ2v) is 25.6. The molecule has 0 radical (unpaired) electrons. The molecule has 132 heavy (non-hydrogen) atoms. The number of amides is 1. The van der Waals surface area contributed by atoms with Crippen LogP contribution in [0.15, 0.2) is 194 Å². The van der Waals surface area contributed by atoms with Gasteiger partial charge in [-0.25, -0.2) is 17.6 Å². The van der Waals surface area contributed by atoms with Crippen molar-refractivity contribution >= 4 is 118 Å². The molecule has 680 valence electrons. The van der Waals surface area contributed by atoms with Crippen LogP contribution in [0.4, 0.5) is 68.7 Å². The molecule has 12 rings (SSSR count). The van der Waals surface area contributed by atoms with E-state index in [1.54, 1.807) is 18.2 Å². The van der Waals surface area contributed by atoms with Crippen LogP contribution in [-0.2, 0) is 38.4 Å². The van der Waals surface area contributed by atoms with Gasteiger partial charge < -0.3 is 65.1 Å². The average Bonchev–Trinajstić information content (AvgIpc) is 0.736. The van der Waals surface area contributed by atoms with Crippen LogP contribution in [0.3, 0.4) is 0 Å². The third kappa shape index (κ3) is 28.4. The quantitative estimate of drug-likeness (QED) is 0.0182. The number of ether oxygens (including phenoxy) is 4. The predicted octanol–water partition coefficient (Wildman–Crippen LogP) is 19.5. The Morgan fingerprint density at radius 2 is 0.727 bits per heavy atom. The van der Waals surface area contributed by atoms with Gasteiger partial charge in [-0.1, -0.05) is 24.2 Å². The number of nitriles is 4. The molecule has 0 bridgehead atoms. The Balaban J connectivity index is 0.000000286. The van der Waals surface area contributed by atoms with Crippen molar-refractivity contribution in [1.82, 2.24) is 39.5 Å². The van der Waals surface area contributed by atoms with Crippen molar-refractivity contribution in [3.63, 3.8) is 0 Å². The number of fused-ring (bicyclic) bond motifs is 4. The van der Waals surface area contributed by atoms with Crippen LogP contribution in [0.1, 0.15) is 176 Å². The van der Waals surface area contributed by atoms with E-state index in [2.05, 4.69) is 35.9 Å². The third-order valence-electron chi connectivity index (χ3n) is 15.9. The lowest BCUT2D eigenvalue weighted by Gasteiger charge is -2.16. The molecule has 25 nitrogen and oxygen atoms in total. The summed E-state index contributed by atoms with van der Waals surface area (Å²) in [7, 11) is 3.09. The summed E-state index contributed by atoms with van der Waals surface area (Å²) >= 11 is 0. The molecule has 12 aromatic rings. The minimum absolute atomic E-state index is 0.00506. The number of halogens is 4. The van der Waals surface area contributed by atoms with E-state index in [1.165, 1.54) is 19.9 Å². The molecular formula is C103H107F4N17O8. The van der Waals surface area contributed by atoms with Crippen LogP contribution in [0, 0.1) is 96.3 Å². The van der Waals surface area contributed by atoms with Crippen molar-refractivity contribution in [3.05, 3.63) is 278 Å². The van der Waals surface area contributed by atoms with Gasteiger partial charge in [0.2, 0.25) is 5.91 Å². The van der Waals surface area contributed by atoms with Gasteiger partial charge in [-0.05, 0) is 248 Å². The largest absolute Gasteiger partial charge is 0.494 e. The molecule has 29 heteroatoms. The summed E-state index contributed by atoms with van der Waals surface area (Å²) in [5, 5.41) is 44.4. The summed E-state index contributed by atoms with van der Waals surface area (Å²) in [6, 6.07) is -22.7. The number of rotatable bonds is 35. The van der Waals surface area contributed by atoms with E-state index in [9.17, 15) is 57.8 Å². The summed E-state index contributed by atoms with van der Waals surface area (Å²) in [6.45, 7) is -35.8. The molecule has 0 aliphatic heterocycles. The highest BCUT2D eigenvalue weighted by atomic mass is 19.1. The summed E-state index contributed by atoms with van der Waals surface area (Å²) in [5.74, 6) is -14.8. The zero-order valence-electron chi connectivity index (χ0n) is 136. The molecule has 0 fully saturated rings. The monoisotopic (exact) mass is 1850 g/mol. The van der Waals surface area contributed by atoms with Crippen molar-refractivity contribution < 1.29 is 146 Å². The van der Waals surface area contributed by atoms with Gasteiger partial charge in [-0.2, -0.15) is 21.0 Å². The van der Waals surface area contributed by atoms with E-state index < -0.39 is 498 Å². The fourth-order valence-corrected chi connectivity index (χ4v) is 10.3. The molecule has 0 saturated carbocycles. The summed E-state index contributed by atoms with van der Waals surface area (Å²) < 4.78 is 610. The van der Waals surface area contributed by atoms with Crippen molar-refractivity contribution in [2.45, 2.75) is 74.5 Å². The molecule has 0 unspecified atom stereocenters. The topological polar surface area (TPSA) is 325 Å². The number of nitrogens with one attached hydrogen (secondary N) is 5. The maximum absolute atomic E-state index is 14.6. The van der Waals surface area contributed by atoms with Crippen LogP contribution >= 0.6 is 0 Å². The molecule has 8 aromatic carbocycles. The highest BCUT2D eigenvalue weighted by molar-refractivity contribution is 6.06. The first-order valence-corrected chi connectivity index (χ1v) is 36.8. The van der Waals surface area contributed by atoms with Gasteiger partial charge in [0, 0.05) is 197 Å². The zero-order valence-corrected chi connectivity index (χ0v) is 69.9. The van der Waals surface area contributed by atoms with Gasteiger partial charge in [-0.3, -0.25) is 39.1 Å². The molecule has 5 N–H and O–H groups in total. The number of carbonyl (C=O) groups is 4. The first kappa shape index (κ1) is 43.0. The minimum Gasteiger partial charge on any atom is -0.494 e. The number of hydrogen-bond acceptors (Lipinski definition) is 24. The van der Waals surface area contributed by atoms with Crippen molar-refractivity contribution in [3.8, 4) is 47.3 Å². The Morgan fingerprint density at radius 3 is 1.06 bits per heavy atom. The van der Waals surface area contributed by atoms with E-state index >= 15 is 0 Å². The van der Waals surface area contributed by atoms with Crippen molar-refractivity contribution in [2.24, 2.45) is 0 Å². The van der Waals surface area contributed by atoms with E-state index in [1.807, 2.05) is 0 Å². The van der Waals surface area contributed by atoms with Crippen LogP contribution in [0.25, 0.3) is 43.6 Å². The van der Waals surface area contributed by atoms with Crippen molar-refractivity contribution in [1.29, 1.82) is 21.0 Å². The Morgan fingerprint density at radius 1 is 0.424 bits per heavy atom. The van der Waals surface area contributed by atoms with Gasteiger partial charge >= 0.3 is 0 Å². The highest BCUT2D eigenvalue weighted by Gasteiger charge is 2.23. The number of pyridine rings is 4.